The van der Waals surface area contributed by atoms with Crippen LogP contribution in [-0.4, -0.2) is 5.11 Å². The summed E-state index contributed by atoms with van der Waals surface area (Å²) in [6.45, 7) is 0. The lowest BCUT2D eigenvalue weighted by Crippen LogP contribution is -1.85. The summed E-state index contributed by atoms with van der Waals surface area (Å²) >= 11 is 5.76. The zero-order valence-corrected chi connectivity index (χ0v) is 9.37. The van der Waals surface area contributed by atoms with Crippen LogP contribution in [0.25, 0.3) is 11.1 Å². The third-order valence-corrected chi connectivity index (χ3v) is 2.65. The SMILES string of the molecule is N#Cc1cc(-c2cccc(F)c2)c(O)cc1Cl. The molecule has 2 aromatic rings. The number of benzene rings is 2. The first-order valence-electron chi connectivity index (χ1n) is 4.80. The van der Waals surface area contributed by atoms with E-state index in [1.54, 1.807) is 6.07 Å². The van der Waals surface area contributed by atoms with Gasteiger partial charge in [0.2, 0.25) is 0 Å². The van der Waals surface area contributed by atoms with Gasteiger partial charge in [-0.1, -0.05) is 23.7 Å². The molecule has 17 heavy (non-hydrogen) atoms. The van der Waals surface area contributed by atoms with Gasteiger partial charge in [0.1, 0.15) is 17.6 Å². The molecule has 0 aliphatic carbocycles. The molecule has 0 spiro atoms. The average Bonchev–Trinajstić information content (AvgIpc) is 2.29. The van der Waals surface area contributed by atoms with Crippen LogP contribution in [0.2, 0.25) is 5.02 Å². The summed E-state index contributed by atoms with van der Waals surface area (Å²) in [7, 11) is 0. The molecule has 0 atom stereocenters. The van der Waals surface area contributed by atoms with Crippen LogP contribution in [0, 0.1) is 17.1 Å². The third kappa shape index (κ3) is 2.22. The molecule has 0 radical (unpaired) electrons. The number of hydrogen-bond donors (Lipinski definition) is 1. The molecule has 0 aromatic heterocycles. The third-order valence-electron chi connectivity index (χ3n) is 2.34. The van der Waals surface area contributed by atoms with Crippen LogP contribution in [0.3, 0.4) is 0 Å². The lowest BCUT2D eigenvalue weighted by Gasteiger charge is -2.06. The van der Waals surface area contributed by atoms with E-state index in [0.29, 0.717) is 11.1 Å². The van der Waals surface area contributed by atoms with E-state index in [1.807, 2.05) is 6.07 Å². The van der Waals surface area contributed by atoms with Gasteiger partial charge in [-0.2, -0.15) is 5.26 Å². The number of hydrogen-bond acceptors (Lipinski definition) is 2. The van der Waals surface area contributed by atoms with E-state index < -0.39 is 5.82 Å². The van der Waals surface area contributed by atoms with Crippen LogP contribution in [0.15, 0.2) is 36.4 Å². The first-order chi connectivity index (χ1) is 8.11. The minimum absolute atomic E-state index is 0.0837. The first-order valence-corrected chi connectivity index (χ1v) is 5.18. The van der Waals surface area contributed by atoms with Crippen molar-refractivity contribution in [1.82, 2.24) is 0 Å². The molecule has 0 saturated heterocycles. The Labute approximate surface area is 103 Å². The second-order valence-corrected chi connectivity index (χ2v) is 3.88. The summed E-state index contributed by atoms with van der Waals surface area (Å²) in [6.07, 6.45) is 0. The molecule has 0 saturated carbocycles. The molecule has 2 nitrogen and oxygen atoms in total. The van der Waals surface area contributed by atoms with Gasteiger partial charge in [0.05, 0.1) is 10.6 Å². The number of halogens is 2. The Morgan fingerprint density at radius 3 is 2.65 bits per heavy atom. The van der Waals surface area contributed by atoms with Crippen molar-refractivity contribution >= 4 is 11.6 Å². The van der Waals surface area contributed by atoms with E-state index in [1.165, 1.54) is 30.3 Å². The number of phenols is 1. The van der Waals surface area contributed by atoms with Crippen molar-refractivity contribution in [2.75, 3.05) is 0 Å². The maximum atomic E-state index is 13.1. The van der Waals surface area contributed by atoms with Gasteiger partial charge >= 0.3 is 0 Å². The van der Waals surface area contributed by atoms with E-state index in [2.05, 4.69) is 0 Å². The predicted octanol–water partition coefficient (Wildman–Crippen LogP) is 3.72. The minimum atomic E-state index is -0.407. The highest BCUT2D eigenvalue weighted by molar-refractivity contribution is 6.32. The highest BCUT2D eigenvalue weighted by Gasteiger charge is 2.10. The van der Waals surface area contributed by atoms with Gasteiger partial charge in [-0.3, -0.25) is 0 Å². The van der Waals surface area contributed by atoms with Crippen LogP contribution in [0.4, 0.5) is 4.39 Å². The Morgan fingerprint density at radius 2 is 2.00 bits per heavy atom. The fraction of sp³-hybridized carbons (Fsp3) is 0. The average molecular weight is 248 g/mol. The van der Waals surface area contributed by atoms with E-state index in [-0.39, 0.29) is 16.3 Å². The summed E-state index contributed by atoms with van der Waals surface area (Å²) in [5.41, 5.74) is 1.12. The summed E-state index contributed by atoms with van der Waals surface area (Å²) in [4.78, 5) is 0. The Balaban J connectivity index is 2.64. The molecular weight excluding hydrogens is 241 g/mol. The highest BCUT2D eigenvalue weighted by atomic mass is 35.5. The van der Waals surface area contributed by atoms with E-state index in [4.69, 9.17) is 16.9 Å². The molecule has 2 aromatic carbocycles. The van der Waals surface area contributed by atoms with Crippen molar-refractivity contribution in [2.45, 2.75) is 0 Å². The molecule has 2 rings (SSSR count). The smallest absolute Gasteiger partial charge is 0.124 e. The van der Waals surface area contributed by atoms with Gasteiger partial charge in [-0.05, 0) is 23.8 Å². The lowest BCUT2D eigenvalue weighted by atomic mass is 10.0. The quantitative estimate of drug-likeness (QED) is 0.835. The molecule has 4 heteroatoms. The molecule has 0 heterocycles. The number of nitrogens with zero attached hydrogens (tertiary/aromatic N) is 1. The van der Waals surface area contributed by atoms with Crippen molar-refractivity contribution < 1.29 is 9.50 Å². The van der Waals surface area contributed by atoms with Gasteiger partial charge in [0.15, 0.2) is 0 Å². The summed E-state index contributed by atoms with van der Waals surface area (Å²) in [5, 5.41) is 18.8. The zero-order valence-electron chi connectivity index (χ0n) is 8.61. The van der Waals surface area contributed by atoms with Crippen molar-refractivity contribution in [2.24, 2.45) is 0 Å². The van der Waals surface area contributed by atoms with Crippen LogP contribution in [0.5, 0.6) is 5.75 Å². The summed E-state index contributed by atoms with van der Waals surface area (Å²) in [5.74, 6) is -0.491. The van der Waals surface area contributed by atoms with Gasteiger partial charge < -0.3 is 5.11 Å². The maximum absolute atomic E-state index is 13.1. The molecule has 0 fully saturated rings. The monoisotopic (exact) mass is 247 g/mol. The van der Waals surface area contributed by atoms with Crippen molar-refractivity contribution in [3.8, 4) is 22.9 Å². The predicted molar refractivity (Wildman–Crippen MR) is 63.2 cm³/mol. The molecule has 0 aliphatic rings. The summed E-state index contributed by atoms with van der Waals surface area (Å²) < 4.78 is 13.1. The standard InChI is InChI=1S/C13H7ClFNO/c14-12-6-13(17)11(5-9(12)7-16)8-2-1-3-10(15)4-8/h1-6,17H. The summed E-state index contributed by atoms with van der Waals surface area (Å²) in [6, 6.07) is 10.4. The Morgan fingerprint density at radius 1 is 1.24 bits per heavy atom. The number of aromatic hydroxyl groups is 1. The topological polar surface area (TPSA) is 44.0 Å². The number of rotatable bonds is 1. The minimum Gasteiger partial charge on any atom is -0.507 e. The van der Waals surface area contributed by atoms with E-state index in [0.717, 1.165) is 0 Å². The number of nitriles is 1. The highest BCUT2D eigenvalue weighted by Crippen LogP contribution is 2.33. The van der Waals surface area contributed by atoms with Gasteiger partial charge in [0, 0.05) is 11.6 Å². The zero-order chi connectivity index (χ0) is 12.4. The van der Waals surface area contributed by atoms with Crippen LogP contribution in [0.1, 0.15) is 5.56 Å². The lowest BCUT2D eigenvalue weighted by molar-refractivity contribution is 0.477. The Bertz CT molecular complexity index is 619. The molecule has 0 amide bonds. The van der Waals surface area contributed by atoms with Gasteiger partial charge in [0.25, 0.3) is 0 Å². The first kappa shape index (κ1) is 11.4. The Kier molecular flexibility index (Phi) is 2.99. The van der Waals surface area contributed by atoms with E-state index in [9.17, 15) is 9.50 Å². The van der Waals surface area contributed by atoms with E-state index >= 15 is 0 Å². The Hall–Kier alpha value is -2.05. The molecular formula is C13H7ClFNO. The van der Waals surface area contributed by atoms with Crippen LogP contribution < -0.4 is 0 Å². The second kappa shape index (κ2) is 4.44. The molecule has 1 N–H and O–H groups in total. The van der Waals surface area contributed by atoms with Gasteiger partial charge in [-0.15, -0.1) is 0 Å². The van der Waals surface area contributed by atoms with Crippen molar-refractivity contribution in [3.05, 3.63) is 52.8 Å². The van der Waals surface area contributed by atoms with Crippen molar-refractivity contribution in [1.29, 1.82) is 5.26 Å². The fourth-order valence-electron chi connectivity index (χ4n) is 1.54. The van der Waals surface area contributed by atoms with Crippen LogP contribution in [-0.2, 0) is 0 Å². The fourth-order valence-corrected chi connectivity index (χ4v) is 1.74. The van der Waals surface area contributed by atoms with Gasteiger partial charge in [-0.25, -0.2) is 4.39 Å². The molecule has 0 aliphatic heterocycles. The second-order valence-electron chi connectivity index (χ2n) is 3.47. The molecule has 0 bridgehead atoms. The largest absolute Gasteiger partial charge is 0.507 e. The number of phenolic OH excluding ortho intramolecular Hbond substituents is 1. The normalized spacial score (nSPS) is 9.94. The van der Waals surface area contributed by atoms with Crippen LogP contribution >= 0.6 is 11.6 Å². The molecule has 84 valence electrons. The molecule has 0 unspecified atom stereocenters. The maximum Gasteiger partial charge on any atom is 0.124 e. The van der Waals surface area contributed by atoms with Crippen molar-refractivity contribution in [3.63, 3.8) is 0 Å².